The Balaban J connectivity index is 1.51. The van der Waals surface area contributed by atoms with Gasteiger partial charge in [0, 0.05) is 18.8 Å². The van der Waals surface area contributed by atoms with Gasteiger partial charge in [-0.2, -0.15) is 15.3 Å². The highest BCUT2D eigenvalue weighted by Gasteiger charge is 2.12. The van der Waals surface area contributed by atoms with Gasteiger partial charge in [-0.15, -0.1) is 0 Å². The van der Waals surface area contributed by atoms with Gasteiger partial charge >= 0.3 is 5.97 Å². The first-order valence-electron chi connectivity index (χ1n) is 8.59. The Morgan fingerprint density at radius 3 is 2.28 bits per heavy atom. The van der Waals surface area contributed by atoms with E-state index < -0.39 is 18.5 Å². The number of amides is 1. The second kappa shape index (κ2) is 9.18. The Kier molecular flexibility index (Phi) is 6.21. The summed E-state index contributed by atoms with van der Waals surface area (Å²) in [5.74, 6) is -1.31. The van der Waals surface area contributed by atoms with Gasteiger partial charge in [-0.25, -0.2) is 9.48 Å². The predicted octanol–water partition coefficient (Wildman–Crippen LogP) is 2.99. The number of hydrogen-bond donors (Lipinski definition) is 1. The first-order valence-corrected chi connectivity index (χ1v) is 8.59. The summed E-state index contributed by atoms with van der Waals surface area (Å²) in [7, 11) is 1.41. The fraction of sp³-hybridized carbons (Fsp3) is 0.100. The summed E-state index contributed by atoms with van der Waals surface area (Å²) in [4.78, 5) is 35.1. The maximum absolute atomic E-state index is 12.0. The molecule has 1 amide bonds. The van der Waals surface area contributed by atoms with Crippen molar-refractivity contribution in [2.24, 2.45) is 17.3 Å². The summed E-state index contributed by atoms with van der Waals surface area (Å²) in [6, 6.07) is 18.5. The van der Waals surface area contributed by atoms with Crippen LogP contribution in [0.25, 0.3) is 0 Å². The molecule has 2 aromatic carbocycles. The highest BCUT2D eigenvalue weighted by molar-refractivity contribution is 5.94. The fourth-order valence-corrected chi connectivity index (χ4v) is 2.23. The number of carbonyl (C=O) groups excluding carboxylic acids is 2. The molecule has 1 N–H and O–H groups in total. The van der Waals surface area contributed by atoms with Crippen LogP contribution >= 0.6 is 0 Å². The lowest BCUT2D eigenvalue weighted by Gasteiger charge is -2.07. The lowest BCUT2D eigenvalue weighted by molar-refractivity contribution is -0.119. The van der Waals surface area contributed by atoms with Gasteiger partial charge in [-0.1, -0.05) is 18.2 Å². The minimum absolute atomic E-state index is 0.0620. The minimum Gasteiger partial charge on any atom is -0.451 e. The average Bonchev–Trinajstić information content (AvgIpc) is 2.74. The molecule has 0 unspecified atom stereocenters. The van der Waals surface area contributed by atoms with E-state index in [1.54, 1.807) is 24.3 Å². The Morgan fingerprint density at radius 2 is 1.62 bits per heavy atom. The van der Waals surface area contributed by atoms with E-state index in [4.69, 9.17) is 4.74 Å². The van der Waals surface area contributed by atoms with Crippen molar-refractivity contribution >= 4 is 28.9 Å². The monoisotopic (exact) mass is 391 g/mol. The molecule has 1 heterocycles. The van der Waals surface area contributed by atoms with Crippen LogP contribution in [0.3, 0.4) is 0 Å². The third-order valence-corrected chi connectivity index (χ3v) is 3.69. The van der Waals surface area contributed by atoms with E-state index in [1.165, 1.54) is 19.2 Å². The van der Waals surface area contributed by atoms with Crippen molar-refractivity contribution in [2.75, 3.05) is 11.9 Å². The van der Waals surface area contributed by atoms with Crippen molar-refractivity contribution in [3.8, 4) is 0 Å². The molecule has 0 saturated heterocycles. The van der Waals surface area contributed by atoms with Crippen LogP contribution in [0.4, 0.5) is 17.1 Å². The third kappa shape index (κ3) is 5.67. The van der Waals surface area contributed by atoms with Crippen LogP contribution in [0.2, 0.25) is 0 Å². The number of nitrogens with zero attached hydrogens (tertiary/aromatic N) is 4. The number of azo groups is 1. The number of ether oxygens (including phenoxy) is 1. The number of rotatable bonds is 6. The molecule has 0 aliphatic rings. The molecule has 0 bridgehead atoms. The zero-order valence-electron chi connectivity index (χ0n) is 15.5. The van der Waals surface area contributed by atoms with Gasteiger partial charge in [0.25, 0.3) is 11.5 Å². The number of aromatic nitrogens is 2. The lowest BCUT2D eigenvalue weighted by atomic mass is 10.3. The number of aryl methyl sites for hydroxylation is 1. The van der Waals surface area contributed by atoms with Crippen molar-refractivity contribution < 1.29 is 14.3 Å². The standard InChI is InChI=1S/C20H17N5O4/c1-25-19(27)12-11-17(24-25)20(28)29-13-18(26)21-14-7-9-16(10-8-14)23-22-15-5-3-2-4-6-15/h2-12H,13H2,1H3,(H,21,26). The molecule has 0 spiro atoms. The quantitative estimate of drug-likeness (QED) is 0.512. The van der Waals surface area contributed by atoms with Gasteiger partial charge in [0.05, 0.1) is 11.4 Å². The summed E-state index contributed by atoms with van der Waals surface area (Å²) in [6.07, 6.45) is 0. The van der Waals surface area contributed by atoms with Crippen molar-refractivity contribution in [3.63, 3.8) is 0 Å². The first kappa shape index (κ1) is 19.6. The summed E-state index contributed by atoms with van der Waals surface area (Å²) < 4.78 is 5.91. The van der Waals surface area contributed by atoms with E-state index in [-0.39, 0.29) is 11.3 Å². The molecule has 9 nitrogen and oxygen atoms in total. The Labute approximate surface area is 165 Å². The van der Waals surface area contributed by atoms with Gasteiger partial charge in [-0.3, -0.25) is 9.59 Å². The SMILES string of the molecule is Cn1nc(C(=O)OCC(=O)Nc2ccc(N=Nc3ccccc3)cc2)ccc1=O. The van der Waals surface area contributed by atoms with Crippen molar-refractivity contribution in [3.05, 3.63) is 82.8 Å². The van der Waals surface area contributed by atoms with Crippen LogP contribution in [-0.2, 0) is 16.6 Å². The van der Waals surface area contributed by atoms with E-state index in [0.717, 1.165) is 10.4 Å². The number of benzene rings is 2. The third-order valence-electron chi connectivity index (χ3n) is 3.69. The molecule has 146 valence electrons. The van der Waals surface area contributed by atoms with Gasteiger partial charge in [0.15, 0.2) is 12.3 Å². The van der Waals surface area contributed by atoms with E-state index in [9.17, 15) is 14.4 Å². The smallest absolute Gasteiger partial charge is 0.359 e. The summed E-state index contributed by atoms with van der Waals surface area (Å²) >= 11 is 0. The average molecular weight is 391 g/mol. The van der Waals surface area contributed by atoms with Crippen LogP contribution in [0, 0.1) is 0 Å². The molecule has 3 aromatic rings. The molecule has 0 aliphatic heterocycles. The molecule has 0 fully saturated rings. The lowest BCUT2D eigenvalue weighted by Crippen LogP contribution is -2.24. The zero-order chi connectivity index (χ0) is 20.6. The molecule has 9 heteroatoms. The normalized spacial score (nSPS) is 10.7. The maximum atomic E-state index is 12.0. The second-order valence-electron chi connectivity index (χ2n) is 5.89. The Hall–Kier alpha value is -4.14. The van der Waals surface area contributed by atoms with Crippen LogP contribution < -0.4 is 10.9 Å². The summed E-state index contributed by atoms with van der Waals surface area (Å²) in [5, 5.41) is 14.6. The van der Waals surface area contributed by atoms with Crippen molar-refractivity contribution in [2.45, 2.75) is 0 Å². The molecule has 3 rings (SSSR count). The van der Waals surface area contributed by atoms with E-state index >= 15 is 0 Å². The highest BCUT2D eigenvalue weighted by Crippen LogP contribution is 2.20. The first-order chi connectivity index (χ1) is 14.0. The summed E-state index contributed by atoms with van der Waals surface area (Å²) in [6.45, 7) is -0.487. The van der Waals surface area contributed by atoms with Crippen molar-refractivity contribution in [1.29, 1.82) is 0 Å². The van der Waals surface area contributed by atoms with Crippen LogP contribution in [0.15, 0.2) is 81.8 Å². The number of anilines is 1. The Morgan fingerprint density at radius 1 is 0.966 bits per heavy atom. The second-order valence-corrected chi connectivity index (χ2v) is 5.89. The van der Waals surface area contributed by atoms with E-state index in [0.29, 0.717) is 11.4 Å². The number of nitrogens with one attached hydrogen (secondary N) is 1. The van der Waals surface area contributed by atoms with Gasteiger partial charge in [0.2, 0.25) is 0 Å². The molecule has 0 atom stereocenters. The molecule has 0 aliphatic carbocycles. The number of hydrogen-bond acceptors (Lipinski definition) is 7. The number of esters is 1. The van der Waals surface area contributed by atoms with Gasteiger partial charge in [0.1, 0.15) is 0 Å². The van der Waals surface area contributed by atoms with E-state index in [1.807, 2.05) is 30.3 Å². The Bertz CT molecular complexity index is 1090. The molecule has 29 heavy (non-hydrogen) atoms. The van der Waals surface area contributed by atoms with Crippen LogP contribution in [0.5, 0.6) is 0 Å². The maximum Gasteiger partial charge on any atom is 0.359 e. The largest absolute Gasteiger partial charge is 0.451 e. The molecular weight excluding hydrogens is 374 g/mol. The highest BCUT2D eigenvalue weighted by atomic mass is 16.5. The molecule has 0 saturated carbocycles. The zero-order valence-corrected chi connectivity index (χ0v) is 15.5. The predicted molar refractivity (Wildman–Crippen MR) is 105 cm³/mol. The fourth-order valence-electron chi connectivity index (χ4n) is 2.23. The molecular formula is C20H17N5O4. The van der Waals surface area contributed by atoms with Crippen LogP contribution in [-0.4, -0.2) is 28.3 Å². The van der Waals surface area contributed by atoms with Gasteiger partial charge < -0.3 is 10.1 Å². The number of carbonyl (C=O) groups is 2. The summed E-state index contributed by atoms with van der Waals surface area (Å²) in [5.41, 5.74) is 1.46. The van der Waals surface area contributed by atoms with Crippen LogP contribution in [0.1, 0.15) is 10.5 Å². The van der Waals surface area contributed by atoms with Crippen molar-refractivity contribution in [1.82, 2.24) is 9.78 Å². The molecule has 0 radical (unpaired) electrons. The molecule has 1 aromatic heterocycles. The van der Waals surface area contributed by atoms with Gasteiger partial charge in [-0.05, 0) is 42.5 Å². The van der Waals surface area contributed by atoms with E-state index in [2.05, 4.69) is 20.6 Å². The minimum atomic E-state index is -0.799. The topological polar surface area (TPSA) is 115 Å².